The van der Waals surface area contributed by atoms with Gasteiger partial charge in [0.2, 0.25) is 0 Å². The van der Waals surface area contributed by atoms with Gasteiger partial charge < -0.3 is 4.74 Å². The van der Waals surface area contributed by atoms with Crippen molar-refractivity contribution < 1.29 is 14.3 Å². The van der Waals surface area contributed by atoms with Crippen LogP contribution in [0.15, 0.2) is 18.5 Å². The molecule has 5 heteroatoms. The third-order valence-corrected chi connectivity index (χ3v) is 3.31. The van der Waals surface area contributed by atoms with Crippen LogP contribution in [0.2, 0.25) is 0 Å². The second kappa shape index (κ2) is 5.61. The van der Waals surface area contributed by atoms with Crippen molar-refractivity contribution in [2.45, 2.75) is 19.8 Å². The van der Waals surface area contributed by atoms with Gasteiger partial charge in [-0.25, -0.2) is 0 Å². The van der Waals surface area contributed by atoms with Gasteiger partial charge in [0.05, 0.1) is 12.7 Å². The lowest BCUT2D eigenvalue weighted by Gasteiger charge is -2.25. The Kier molecular flexibility index (Phi) is 3.91. The van der Waals surface area contributed by atoms with E-state index in [1.165, 1.54) is 0 Å². The fourth-order valence-electron chi connectivity index (χ4n) is 2.37. The number of esters is 1. The largest absolute Gasteiger partial charge is 0.465 e. The summed E-state index contributed by atoms with van der Waals surface area (Å²) in [6.45, 7) is 1.88. The molecule has 1 aromatic heterocycles. The van der Waals surface area contributed by atoms with Gasteiger partial charge in [-0.15, -0.1) is 0 Å². The number of ether oxygens (including phenoxy) is 1. The number of Topliss-reactive ketones (excluding diaryl/α,β-unsaturated/α-hetero) is 1. The smallest absolute Gasteiger partial charge is 0.324 e. The number of carbonyl (C=O) groups is 2. The van der Waals surface area contributed by atoms with Crippen molar-refractivity contribution in [2.24, 2.45) is 11.8 Å². The van der Waals surface area contributed by atoms with Gasteiger partial charge in [0.15, 0.2) is 11.7 Å². The lowest BCUT2D eigenvalue weighted by Crippen LogP contribution is -2.34. The van der Waals surface area contributed by atoms with E-state index in [1.54, 1.807) is 25.4 Å². The monoisotopic (exact) mass is 258 g/mol. The highest BCUT2D eigenvalue weighted by Crippen LogP contribution is 2.30. The molecular weight excluding hydrogens is 244 g/mol. The molecule has 0 saturated heterocycles. The number of ketones is 1. The fraction of sp³-hybridized carbons (Fsp3) is 0.429. The number of hydrogen-bond donors (Lipinski definition) is 0. The Morgan fingerprint density at radius 1 is 1.68 bits per heavy atom. The maximum absolute atomic E-state index is 12.3. The average molecular weight is 258 g/mol. The maximum atomic E-state index is 12.3. The van der Waals surface area contributed by atoms with Gasteiger partial charge in [-0.3, -0.25) is 14.6 Å². The van der Waals surface area contributed by atoms with Crippen molar-refractivity contribution in [1.82, 2.24) is 4.98 Å². The lowest BCUT2D eigenvalue weighted by atomic mass is 9.77. The van der Waals surface area contributed by atoms with Crippen LogP contribution in [0.4, 0.5) is 0 Å². The Bertz CT molecular complexity index is 548. The number of aromatic nitrogens is 1. The third-order valence-electron chi connectivity index (χ3n) is 3.31. The number of fused-ring (bicyclic) bond motifs is 1. The van der Waals surface area contributed by atoms with E-state index >= 15 is 0 Å². The molecule has 0 fully saturated rings. The van der Waals surface area contributed by atoms with Crippen molar-refractivity contribution in [3.63, 3.8) is 0 Å². The minimum Gasteiger partial charge on any atom is -0.465 e. The Hall–Kier alpha value is -2.22. The molecule has 98 valence electrons. The maximum Gasteiger partial charge on any atom is 0.324 e. The van der Waals surface area contributed by atoms with Crippen LogP contribution < -0.4 is 0 Å². The quantitative estimate of drug-likeness (QED) is 0.768. The molecule has 19 heavy (non-hydrogen) atoms. The first kappa shape index (κ1) is 13.2. The highest BCUT2D eigenvalue weighted by atomic mass is 16.5. The lowest BCUT2D eigenvalue weighted by molar-refractivity contribution is -0.147. The number of aryl methyl sites for hydroxylation is 1. The highest BCUT2D eigenvalue weighted by Gasteiger charge is 2.38. The second-order valence-corrected chi connectivity index (χ2v) is 4.40. The van der Waals surface area contributed by atoms with Crippen LogP contribution >= 0.6 is 0 Å². The van der Waals surface area contributed by atoms with Crippen LogP contribution in [0.25, 0.3) is 0 Å². The molecular formula is C14H14N2O3. The predicted molar refractivity (Wildman–Crippen MR) is 66.1 cm³/mol. The van der Waals surface area contributed by atoms with Crippen LogP contribution in [-0.2, 0) is 16.0 Å². The van der Waals surface area contributed by atoms with Gasteiger partial charge in [-0.2, -0.15) is 5.26 Å². The van der Waals surface area contributed by atoms with Gasteiger partial charge in [0.25, 0.3) is 0 Å². The summed E-state index contributed by atoms with van der Waals surface area (Å²) >= 11 is 0. The van der Waals surface area contributed by atoms with E-state index in [1.807, 2.05) is 6.07 Å². The summed E-state index contributed by atoms with van der Waals surface area (Å²) in [6.07, 6.45) is 4.34. The zero-order valence-electron chi connectivity index (χ0n) is 10.6. The first-order valence-corrected chi connectivity index (χ1v) is 6.22. The topological polar surface area (TPSA) is 80.1 Å². The number of nitrogens with zero attached hydrogens (tertiary/aromatic N) is 2. The van der Waals surface area contributed by atoms with Gasteiger partial charge in [-0.1, -0.05) is 0 Å². The van der Waals surface area contributed by atoms with Crippen molar-refractivity contribution in [3.8, 4) is 6.07 Å². The molecule has 0 amide bonds. The molecule has 2 atom stereocenters. The van der Waals surface area contributed by atoms with E-state index in [-0.39, 0.29) is 12.4 Å². The Labute approximate surface area is 111 Å². The zero-order chi connectivity index (χ0) is 13.8. The molecule has 2 unspecified atom stereocenters. The third kappa shape index (κ3) is 2.48. The van der Waals surface area contributed by atoms with E-state index in [0.717, 1.165) is 5.56 Å². The van der Waals surface area contributed by atoms with E-state index in [0.29, 0.717) is 18.4 Å². The summed E-state index contributed by atoms with van der Waals surface area (Å²) in [4.78, 5) is 28.0. The van der Waals surface area contributed by atoms with Gasteiger partial charge >= 0.3 is 5.97 Å². The summed E-state index contributed by atoms with van der Waals surface area (Å²) < 4.78 is 4.86. The van der Waals surface area contributed by atoms with E-state index in [4.69, 9.17) is 10.00 Å². The Balaban J connectivity index is 2.26. The number of hydrogen-bond acceptors (Lipinski definition) is 5. The molecule has 0 radical (unpaired) electrons. The molecule has 5 nitrogen and oxygen atoms in total. The summed E-state index contributed by atoms with van der Waals surface area (Å²) in [5, 5.41) is 9.13. The molecule has 0 saturated carbocycles. The number of nitriles is 1. The summed E-state index contributed by atoms with van der Waals surface area (Å²) in [6, 6.07) is 3.55. The molecule has 0 aromatic carbocycles. The summed E-state index contributed by atoms with van der Waals surface area (Å²) in [7, 11) is 0. The fourth-order valence-corrected chi connectivity index (χ4v) is 2.37. The number of pyridine rings is 1. The van der Waals surface area contributed by atoms with Crippen LogP contribution in [-0.4, -0.2) is 23.3 Å². The molecule has 1 aromatic rings. The van der Waals surface area contributed by atoms with E-state index in [2.05, 4.69) is 4.98 Å². The average Bonchev–Trinajstić information content (AvgIpc) is 2.43. The Morgan fingerprint density at radius 2 is 2.47 bits per heavy atom. The minimum atomic E-state index is -1.02. The van der Waals surface area contributed by atoms with Crippen LogP contribution in [0.1, 0.15) is 29.3 Å². The molecule has 0 bridgehead atoms. The molecule has 1 aliphatic rings. The SMILES string of the molecule is CCOC(=O)C(C#N)C1CCc2cnccc2C1=O. The first-order valence-electron chi connectivity index (χ1n) is 6.22. The van der Waals surface area contributed by atoms with Gasteiger partial charge in [-0.05, 0) is 31.4 Å². The molecule has 0 spiro atoms. The van der Waals surface area contributed by atoms with Crippen molar-refractivity contribution in [3.05, 3.63) is 29.6 Å². The van der Waals surface area contributed by atoms with Crippen molar-refractivity contribution >= 4 is 11.8 Å². The summed E-state index contributed by atoms with van der Waals surface area (Å²) in [5.74, 6) is -2.41. The van der Waals surface area contributed by atoms with Crippen LogP contribution in [0.3, 0.4) is 0 Å². The minimum absolute atomic E-state index is 0.164. The molecule has 2 rings (SSSR count). The zero-order valence-corrected chi connectivity index (χ0v) is 10.6. The number of rotatable bonds is 3. The standard InChI is InChI=1S/C14H14N2O3/c1-2-19-14(18)12(7-15)11-4-3-9-8-16-6-5-10(9)13(11)17/h5-6,8,11-12H,2-4H2,1H3. The van der Waals surface area contributed by atoms with Crippen molar-refractivity contribution in [2.75, 3.05) is 6.61 Å². The van der Waals surface area contributed by atoms with E-state index in [9.17, 15) is 9.59 Å². The van der Waals surface area contributed by atoms with E-state index < -0.39 is 17.8 Å². The molecule has 0 N–H and O–H groups in total. The van der Waals surface area contributed by atoms with Crippen LogP contribution in [0, 0.1) is 23.2 Å². The van der Waals surface area contributed by atoms with Gasteiger partial charge in [0.1, 0.15) is 0 Å². The highest BCUT2D eigenvalue weighted by molar-refractivity contribution is 6.02. The summed E-state index contributed by atoms with van der Waals surface area (Å²) in [5.41, 5.74) is 1.44. The molecule has 1 aliphatic carbocycles. The molecule has 0 aliphatic heterocycles. The normalized spacial score (nSPS) is 19.2. The number of carbonyl (C=O) groups excluding carboxylic acids is 2. The van der Waals surface area contributed by atoms with Crippen molar-refractivity contribution in [1.29, 1.82) is 5.26 Å². The molecule has 1 heterocycles. The first-order chi connectivity index (χ1) is 9.19. The van der Waals surface area contributed by atoms with Crippen LogP contribution in [0.5, 0.6) is 0 Å². The Morgan fingerprint density at radius 3 is 3.16 bits per heavy atom. The van der Waals surface area contributed by atoms with Gasteiger partial charge in [0, 0.05) is 23.9 Å². The predicted octanol–water partition coefficient (Wildman–Crippen LogP) is 1.53. The second-order valence-electron chi connectivity index (χ2n) is 4.40.